The Morgan fingerprint density at radius 2 is 2.22 bits per heavy atom. The molecule has 1 aromatic heterocycles. The summed E-state index contributed by atoms with van der Waals surface area (Å²) in [6.07, 6.45) is 5.75. The van der Waals surface area contributed by atoms with Crippen LogP contribution in [0.5, 0.6) is 5.75 Å². The first-order valence-electron chi connectivity index (χ1n) is 6.34. The van der Waals surface area contributed by atoms with Crippen LogP contribution in [0.3, 0.4) is 0 Å². The van der Waals surface area contributed by atoms with E-state index in [0.29, 0.717) is 13.2 Å². The minimum absolute atomic E-state index is 0.584. The zero-order valence-electron chi connectivity index (χ0n) is 11.1. The zero-order chi connectivity index (χ0) is 13.1. The number of aliphatic imine (C=N–C) groups is 1. The molecule has 0 amide bonds. The number of ether oxygens (including phenoxy) is 1. The fourth-order valence-corrected chi connectivity index (χ4v) is 1.37. The molecule has 1 heterocycles. The first kappa shape index (κ1) is 14.3. The van der Waals surface area contributed by atoms with Crippen LogP contribution < -0.4 is 15.4 Å². The Morgan fingerprint density at radius 1 is 1.39 bits per heavy atom. The van der Waals surface area contributed by atoms with E-state index >= 15 is 0 Å². The highest BCUT2D eigenvalue weighted by atomic mass is 16.5. The van der Waals surface area contributed by atoms with Crippen LogP contribution in [0.4, 0.5) is 0 Å². The predicted octanol–water partition coefficient (Wildman–Crippen LogP) is 1.43. The van der Waals surface area contributed by atoms with Crippen LogP contribution in [0.2, 0.25) is 0 Å². The third-order valence-corrected chi connectivity index (χ3v) is 2.34. The number of aromatic nitrogens is 1. The van der Waals surface area contributed by atoms with E-state index in [4.69, 9.17) is 4.74 Å². The number of rotatable bonds is 7. The van der Waals surface area contributed by atoms with Crippen molar-refractivity contribution in [1.82, 2.24) is 15.6 Å². The Balaban J connectivity index is 2.12. The van der Waals surface area contributed by atoms with Gasteiger partial charge in [0.15, 0.2) is 5.96 Å². The molecule has 18 heavy (non-hydrogen) atoms. The summed E-state index contributed by atoms with van der Waals surface area (Å²) in [5.74, 6) is 1.60. The number of hydrogen-bond acceptors (Lipinski definition) is 3. The second-order valence-corrected chi connectivity index (χ2v) is 3.82. The van der Waals surface area contributed by atoms with Crippen LogP contribution in [0.25, 0.3) is 0 Å². The average Bonchev–Trinajstić information content (AvgIpc) is 2.43. The number of nitrogens with zero attached hydrogens (tertiary/aromatic N) is 2. The normalized spacial score (nSPS) is 11.1. The molecular weight excluding hydrogens is 228 g/mol. The molecular formula is C13H22N4O. The molecule has 5 heteroatoms. The SMILES string of the molecule is CCCCNC(=NC)NCCOc1cccnc1. The summed E-state index contributed by atoms with van der Waals surface area (Å²) in [5, 5.41) is 6.43. The molecule has 0 aliphatic rings. The maximum absolute atomic E-state index is 5.52. The van der Waals surface area contributed by atoms with Gasteiger partial charge in [-0.05, 0) is 18.6 Å². The Hall–Kier alpha value is -1.78. The fraction of sp³-hybridized carbons (Fsp3) is 0.538. The third-order valence-electron chi connectivity index (χ3n) is 2.34. The third kappa shape index (κ3) is 6.08. The van der Waals surface area contributed by atoms with Crippen molar-refractivity contribution in [2.45, 2.75) is 19.8 Å². The summed E-state index contributed by atoms with van der Waals surface area (Å²) in [7, 11) is 1.77. The molecule has 0 aliphatic heterocycles. The Kier molecular flexibility index (Phi) is 7.36. The van der Waals surface area contributed by atoms with E-state index in [-0.39, 0.29) is 0 Å². The van der Waals surface area contributed by atoms with E-state index in [2.05, 4.69) is 27.5 Å². The van der Waals surface area contributed by atoms with Gasteiger partial charge < -0.3 is 15.4 Å². The number of unbranched alkanes of at least 4 members (excludes halogenated alkanes) is 1. The molecule has 1 rings (SSSR count). The number of nitrogens with one attached hydrogen (secondary N) is 2. The summed E-state index contributed by atoms with van der Waals surface area (Å²) in [5.41, 5.74) is 0. The lowest BCUT2D eigenvalue weighted by Gasteiger charge is -2.11. The largest absolute Gasteiger partial charge is 0.490 e. The van der Waals surface area contributed by atoms with Crippen LogP contribution >= 0.6 is 0 Å². The minimum Gasteiger partial charge on any atom is -0.490 e. The molecule has 0 saturated heterocycles. The predicted molar refractivity (Wildman–Crippen MR) is 74.0 cm³/mol. The van der Waals surface area contributed by atoms with Gasteiger partial charge in [0.05, 0.1) is 12.7 Å². The van der Waals surface area contributed by atoms with Gasteiger partial charge >= 0.3 is 0 Å². The van der Waals surface area contributed by atoms with Gasteiger partial charge in [-0.15, -0.1) is 0 Å². The molecule has 2 N–H and O–H groups in total. The zero-order valence-corrected chi connectivity index (χ0v) is 11.1. The molecule has 0 aromatic carbocycles. The number of guanidine groups is 1. The van der Waals surface area contributed by atoms with Gasteiger partial charge in [-0.25, -0.2) is 0 Å². The molecule has 0 radical (unpaired) electrons. The van der Waals surface area contributed by atoms with Crippen LogP contribution in [-0.2, 0) is 0 Å². The van der Waals surface area contributed by atoms with Crippen molar-refractivity contribution in [3.63, 3.8) is 0 Å². The van der Waals surface area contributed by atoms with Gasteiger partial charge in [-0.3, -0.25) is 9.98 Å². The minimum atomic E-state index is 0.584. The highest BCUT2D eigenvalue weighted by molar-refractivity contribution is 5.79. The van der Waals surface area contributed by atoms with Gasteiger partial charge in [0.2, 0.25) is 0 Å². The van der Waals surface area contributed by atoms with Crippen LogP contribution in [0, 0.1) is 0 Å². The first-order valence-corrected chi connectivity index (χ1v) is 6.34. The summed E-state index contributed by atoms with van der Waals surface area (Å²) >= 11 is 0. The Morgan fingerprint density at radius 3 is 2.89 bits per heavy atom. The molecule has 0 bridgehead atoms. The molecule has 100 valence electrons. The topological polar surface area (TPSA) is 58.5 Å². The van der Waals surface area contributed by atoms with Gasteiger partial charge in [-0.2, -0.15) is 0 Å². The standard InChI is InChI=1S/C13H22N4O/c1-3-4-8-16-13(14-2)17-9-10-18-12-6-5-7-15-11-12/h5-7,11H,3-4,8-10H2,1-2H3,(H2,14,16,17). The van der Waals surface area contributed by atoms with Gasteiger partial charge in [0.1, 0.15) is 12.4 Å². The second kappa shape index (κ2) is 9.27. The van der Waals surface area contributed by atoms with Crippen molar-refractivity contribution in [3.8, 4) is 5.75 Å². The second-order valence-electron chi connectivity index (χ2n) is 3.82. The van der Waals surface area contributed by atoms with Gasteiger partial charge in [0, 0.05) is 19.8 Å². The molecule has 0 spiro atoms. The summed E-state index contributed by atoms with van der Waals surface area (Å²) in [4.78, 5) is 8.11. The van der Waals surface area contributed by atoms with E-state index in [1.807, 2.05) is 12.1 Å². The van der Waals surface area contributed by atoms with Gasteiger partial charge in [-0.1, -0.05) is 13.3 Å². The van der Waals surface area contributed by atoms with Crippen molar-refractivity contribution >= 4 is 5.96 Å². The molecule has 0 saturated carbocycles. The summed E-state index contributed by atoms with van der Waals surface area (Å²) in [6.45, 7) is 4.40. The maximum Gasteiger partial charge on any atom is 0.191 e. The van der Waals surface area contributed by atoms with Gasteiger partial charge in [0.25, 0.3) is 0 Å². The molecule has 1 aromatic rings. The highest BCUT2D eigenvalue weighted by Gasteiger charge is 1.96. The number of hydrogen-bond donors (Lipinski definition) is 2. The molecule has 0 fully saturated rings. The first-order chi connectivity index (χ1) is 8.86. The highest BCUT2D eigenvalue weighted by Crippen LogP contribution is 2.04. The lowest BCUT2D eigenvalue weighted by atomic mass is 10.3. The van der Waals surface area contributed by atoms with E-state index in [1.54, 1.807) is 19.4 Å². The lowest BCUT2D eigenvalue weighted by Crippen LogP contribution is -2.39. The quantitative estimate of drug-likeness (QED) is 0.436. The average molecular weight is 250 g/mol. The van der Waals surface area contributed by atoms with E-state index in [9.17, 15) is 0 Å². The van der Waals surface area contributed by atoms with Crippen molar-refractivity contribution in [2.75, 3.05) is 26.7 Å². The smallest absolute Gasteiger partial charge is 0.191 e. The van der Waals surface area contributed by atoms with Crippen molar-refractivity contribution in [2.24, 2.45) is 4.99 Å². The Bertz CT molecular complexity index is 340. The summed E-state index contributed by atoms with van der Waals surface area (Å²) < 4.78 is 5.52. The Labute approximate surface area is 109 Å². The molecule has 0 atom stereocenters. The monoisotopic (exact) mass is 250 g/mol. The van der Waals surface area contributed by atoms with E-state index < -0.39 is 0 Å². The molecule has 5 nitrogen and oxygen atoms in total. The molecule has 0 aliphatic carbocycles. The van der Waals surface area contributed by atoms with Crippen LogP contribution in [0.15, 0.2) is 29.5 Å². The van der Waals surface area contributed by atoms with Crippen molar-refractivity contribution in [1.29, 1.82) is 0 Å². The maximum atomic E-state index is 5.52. The fourth-order valence-electron chi connectivity index (χ4n) is 1.37. The van der Waals surface area contributed by atoms with E-state index in [0.717, 1.165) is 24.7 Å². The summed E-state index contributed by atoms with van der Waals surface area (Å²) in [6, 6.07) is 3.75. The van der Waals surface area contributed by atoms with Crippen LogP contribution in [-0.4, -0.2) is 37.7 Å². The molecule has 0 unspecified atom stereocenters. The van der Waals surface area contributed by atoms with Crippen molar-refractivity contribution in [3.05, 3.63) is 24.5 Å². The van der Waals surface area contributed by atoms with Crippen molar-refractivity contribution < 1.29 is 4.74 Å². The van der Waals surface area contributed by atoms with Crippen LogP contribution in [0.1, 0.15) is 19.8 Å². The van der Waals surface area contributed by atoms with E-state index in [1.165, 1.54) is 6.42 Å². The number of pyridine rings is 1. The lowest BCUT2D eigenvalue weighted by molar-refractivity contribution is 0.320.